The lowest BCUT2D eigenvalue weighted by atomic mass is 10.2. The number of aromatic nitrogens is 1. The average Bonchev–Trinajstić information content (AvgIpc) is 2.79. The van der Waals surface area contributed by atoms with E-state index in [2.05, 4.69) is 40.5 Å². The van der Waals surface area contributed by atoms with Crippen LogP contribution in [0.2, 0.25) is 0 Å². The summed E-state index contributed by atoms with van der Waals surface area (Å²) in [4.78, 5) is 4.18. The molecule has 0 spiro atoms. The number of hydrogen-bond donors (Lipinski definition) is 0. The number of nitrogens with zero attached hydrogens (tertiary/aromatic N) is 1. The molecule has 1 rings (SSSR count). The van der Waals surface area contributed by atoms with Crippen LogP contribution in [-0.4, -0.2) is 4.98 Å². The molecular weight excluding hydrogens is 290 g/mol. The molecule has 0 unspecified atom stereocenters. The third-order valence-electron chi connectivity index (χ3n) is 1.49. The molecule has 0 aromatic carbocycles. The first-order valence-electron chi connectivity index (χ1n) is 6.20. The maximum atomic E-state index is 5.25. The molecule has 2 nitrogen and oxygen atoms in total. The van der Waals surface area contributed by atoms with Gasteiger partial charge in [0.15, 0.2) is 0 Å². The number of rotatable bonds is 3. The van der Waals surface area contributed by atoms with E-state index in [0.717, 1.165) is 16.6 Å². The second kappa shape index (κ2) is 14.0. The van der Waals surface area contributed by atoms with Gasteiger partial charge < -0.3 is 4.42 Å². The van der Waals surface area contributed by atoms with Gasteiger partial charge in [0.05, 0.1) is 0 Å². The van der Waals surface area contributed by atoms with Crippen LogP contribution in [0.15, 0.2) is 46.2 Å². The van der Waals surface area contributed by atoms with Gasteiger partial charge in [0.2, 0.25) is 5.89 Å². The van der Waals surface area contributed by atoms with E-state index < -0.39 is 0 Å². The van der Waals surface area contributed by atoms with Crippen LogP contribution in [0, 0.1) is 0 Å². The lowest BCUT2D eigenvalue weighted by molar-refractivity contribution is 0.542. The number of hydrogen-bond acceptors (Lipinski definition) is 2. The molecule has 0 bridgehead atoms. The first-order valence-corrected chi connectivity index (χ1v) is 7.00. The quantitative estimate of drug-likeness (QED) is 0.503. The zero-order valence-corrected chi connectivity index (χ0v) is 13.6. The Morgan fingerprint density at radius 1 is 1.44 bits per heavy atom. The Morgan fingerprint density at radius 3 is 2.33 bits per heavy atom. The second-order valence-electron chi connectivity index (χ2n) is 2.95. The fourth-order valence-electron chi connectivity index (χ4n) is 1.01. The van der Waals surface area contributed by atoms with Crippen LogP contribution in [0.25, 0.3) is 5.57 Å². The largest absolute Gasteiger partial charge is 0.443 e. The van der Waals surface area contributed by atoms with Crippen molar-refractivity contribution >= 4 is 21.5 Å². The van der Waals surface area contributed by atoms with Gasteiger partial charge in [-0.15, -0.1) is 6.58 Å². The fraction of sp³-hybridized carbons (Fsp3) is 0.400. The molecule has 0 amide bonds. The Morgan fingerprint density at radius 2 is 2.00 bits per heavy atom. The zero-order valence-electron chi connectivity index (χ0n) is 12.0. The summed E-state index contributed by atoms with van der Waals surface area (Å²) in [5, 5.41) is 0. The van der Waals surface area contributed by atoms with Crippen LogP contribution in [0.3, 0.4) is 0 Å². The highest BCUT2D eigenvalue weighted by Crippen LogP contribution is 2.18. The Kier molecular flexibility index (Phi) is 14.9. The van der Waals surface area contributed by atoms with E-state index in [-0.39, 0.29) is 0 Å². The number of oxazole rings is 1. The minimum absolute atomic E-state index is 0.659. The maximum absolute atomic E-state index is 5.25. The molecule has 0 saturated heterocycles. The van der Waals surface area contributed by atoms with Gasteiger partial charge in [-0.05, 0) is 36.2 Å². The summed E-state index contributed by atoms with van der Waals surface area (Å²) < 4.78 is 5.98. The van der Waals surface area contributed by atoms with Gasteiger partial charge in [-0.3, -0.25) is 0 Å². The molecule has 0 fully saturated rings. The molecule has 3 heteroatoms. The fourth-order valence-corrected chi connectivity index (χ4v) is 1.27. The van der Waals surface area contributed by atoms with E-state index in [0.29, 0.717) is 5.89 Å². The molecule has 0 saturated carbocycles. The Balaban J connectivity index is 0. The lowest BCUT2D eigenvalue weighted by Gasteiger charge is -1.93. The molecule has 0 aliphatic carbocycles. The zero-order chi connectivity index (χ0) is 14.4. The normalized spacial score (nSPS) is 10.2. The van der Waals surface area contributed by atoms with Gasteiger partial charge in [-0.2, -0.15) is 0 Å². The minimum atomic E-state index is 0.659. The highest BCUT2D eigenvalue weighted by molar-refractivity contribution is 9.10. The smallest absolute Gasteiger partial charge is 0.226 e. The second-order valence-corrected chi connectivity index (χ2v) is 3.76. The summed E-state index contributed by atoms with van der Waals surface area (Å²) in [6, 6.07) is 0. The van der Waals surface area contributed by atoms with Crippen molar-refractivity contribution in [3.05, 3.63) is 47.6 Å². The van der Waals surface area contributed by atoms with Crippen molar-refractivity contribution in [2.75, 3.05) is 0 Å². The Labute approximate surface area is 120 Å². The minimum Gasteiger partial charge on any atom is -0.443 e. The van der Waals surface area contributed by atoms with Crippen LogP contribution in [0.1, 0.15) is 46.9 Å². The standard InChI is InChI=1S/C10H12BrNO.C3H6.C2H6/c1-3-5-8(6-4-2)10-12-9(11)7-13-10;1-3-2;1-2/h3,5-7H,4H2,1-2H3;3H,1H2,2H3;1-2H3/b5-3-,8-6+;;. The topological polar surface area (TPSA) is 26.0 Å². The highest BCUT2D eigenvalue weighted by atomic mass is 79.9. The highest BCUT2D eigenvalue weighted by Gasteiger charge is 2.03. The maximum Gasteiger partial charge on any atom is 0.226 e. The van der Waals surface area contributed by atoms with Crippen molar-refractivity contribution < 1.29 is 4.42 Å². The summed E-state index contributed by atoms with van der Waals surface area (Å²) in [5.74, 6) is 0.659. The van der Waals surface area contributed by atoms with Crippen LogP contribution >= 0.6 is 15.9 Å². The van der Waals surface area contributed by atoms with Crippen molar-refractivity contribution in [3.8, 4) is 0 Å². The summed E-state index contributed by atoms with van der Waals surface area (Å²) in [6.07, 6.45) is 10.3. The molecule has 18 heavy (non-hydrogen) atoms. The summed E-state index contributed by atoms with van der Waals surface area (Å²) in [6.45, 7) is 13.3. The molecule has 1 heterocycles. The third kappa shape index (κ3) is 8.99. The van der Waals surface area contributed by atoms with Gasteiger partial charge in [-0.1, -0.05) is 45.1 Å². The first-order chi connectivity index (χ1) is 8.69. The molecule has 1 aromatic heterocycles. The van der Waals surface area contributed by atoms with Gasteiger partial charge in [0.1, 0.15) is 10.9 Å². The van der Waals surface area contributed by atoms with Crippen molar-refractivity contribution in [2.24, 2.45) is 0 Å². The van der Waals surface area contributed by atoms with Gasteiger partial charge in [0.25, 0.3) is 0 Å². The van der Waals surface area contributed by atoms with Crippen LogP contribution in [0.4, 0.5) is 0 Å². The number of allylic oxidation sites excluding steroid dienone is 5. The van der Waals surface area contributed by atoms with E-state index in [9.17, 15) is 0 Å². The predicted octanol–water partition coefficient (Wildman–Crippen LogP) is 6.03. The third-order valence-corrected chi connectivity index (χ3v) is 1.86. The molecule has 0 aliphatic rings. The van der Waals surface area contributed by atoms with E-state index in [1.54, 1.807) is 12.3 Å². The van der Waals surface area contributed by atoms with E-state index in [4.69, 9.17) is 4.42 Å². The monoisotopic (exact) mass is 313 g/mol. The molecule has 102 valence electrons. The van der Waals surface area contributed by atoms with E-state index >= 15 is 0 Å². The SMILES string of the molecule is C/C=C\C(=C/CC)c1nc(Br)co1.C=CC.CC. The van der Waals surface area contributed by atoms with E-state index in [1.165, 1.54) is 0 Å². The van der Waals surface area contributed by atoms with Gasteiger partial charge >= 0.3 is 0 Å². The average molecular weight is 314 g/mol. The molecule has 0 aliphatic heterocycles. The van der Waals surface area contributed by atoms with Crippen molar-refractivity contribution in [1.82, 2.24) is 4.98 Å². The first kappa shape index (κ1) is 19.3. The van der Waals surface area contributed by atoms with Crippen molar-refractivity contribution in [3.63, 3.8) is 0 Å². The predicted molar refractivity (Wildman–Crippen MR) is 84.5 cm³/mol. The van der Waals surface area contributed by atoms with Crippen LogP contribution < -0.4 is 0 Å². The van der Waals surface area contributed by atoms with Crippen molar-refractivity contribution in [2.45, 2.75) is 41.0 Å². The summed E-state index contributed by atoms with van der Waals surface area (Å²) in [5.41, 5.74) is 1.02. The summed E-state index contributed by atoms with van der Waals surface area (Å²) in [7, 11) is 0. The lowest BCUT2D eigenvalue weighted by Crippen LogP contribution is -1.80. The van der Waals surface area contributed by atoms with Crippen LogP contribution in [-0.2, 0) is 0 Å². The molecular formula is C15H24BrNO. The number of halogens is 1. The van der Waals surface area contributed by atoms with E-state index in [1.807, 2.05) is 39.8 Å². The Hall–Kier alpha value is -1.09. The molecule has 0 radical (unpaired) electrons. The van der Waals surface area contributed by atoms with Gasteiger partial charge in [0, 0.05) is 5.57 Å². The molecule has 1 aromatic rings. The molecule has 0 N–H and O–H groups in total. The summed E-state index contributed by atoms with van der Waals surface area (Å²) >= 11 is 3.25. The molecule has 0 atom stereocenters. The Bertz CT molecular complexity index is 364. The van der Waals surface area contributed by atoms with Crippen molar-refractivity contribution in [1.29, 1.82) is 0 Å². The van der Waals surface area contributed by atoms with Crippen LogP contribution in [0.5, 0.6) is 0 Å². The van der Waals surface area contributed by atoms with Gasteiger partial charge in [-0.25, -0.2) is 4.98 Å².